The fraction of sp³-hybridized carbons (Fsp3) is 0.367. The second-order valence-electron chi connectivity index (χ2n) is 11.2. The third-order valence-corrected chi connectivity index (χ3v) is 8.84. The number of nitrogens with zero attached hydrogens (tertiary/aromatic N) is 6. The lowest BCUT2D eigenvalue weighted by Crippen LogP contribution is -2.66. The standard InChI is InChI=1S/C30H35N9O4S/c1-18(2)39(30(42)33-12-19-7-9-22(43-3)10-8-19)37-16-26(40)38-23(11-21-13-32-17-34-21)28(41)36(15-25(37)38)14-20-5-4-6-24-27(20)35-29(31)44-24/h4-10,13,17-18,23,25H,11-12,14-16H2,1-3H3,(H2,31,35)(H,32,34)(H,33,42)/t23-,25+/m0/s1. The number of aromatic amines is 1. The number of nitrogens with one attached hydrogen (secondary N) is 2. The predicted molar refractivity (Wildman–Crippen MR) is 165 cm³/mol. The first-order valence-corrected chi connectivity index (χ1v) is 15.2. The van der Waals surface area contributed by atoms with Gasteiger partial charge in [-0.05, 0) is 43.2 Å². The van der Waals surface area contributed by atoms with Crippen LogP contribution in [0, 0.1) is 0 Å². The van der Waals surface area contributed by atoms with Gasteiger partial charge in [-0.25, -0.2) is 14.8 Å². The summed E-state index contributed by atoms with van der Waals surface area (Å²) in [4.78, 5) is 56.4. The quantitative estimate of drug-likeness (QED) is 0.259. The monoisotopic (exact) mass is 617 g/mol. The van der Waals surface area contributed by atoms with Crippen molar-refractivity contribution in [3.8, 4) is 5.75 Å². The van der Waals surface area contributed by atoms with Crippen LogP contribution in [-0.4, -0.2) is 91.1 Å². The number of hydrogen-bond donors (Lipinski definition) is 3. The maximum Gasteiger partial charge on any atom is 0.332 e. The number of aromatic nitrogens is 3. The van der Waals surface area contributed by atoms with E-state index in [1.807, 2.05) is 56.3 Å². The summed E-state index contributed by atoms with van der Waals surface area (Å²) < 4.78 is 6.17. The Morgan fingerprint density at radius 3 is 2.73 bits per heavy atom. The number of imidazole rings is 1. The Labute approximate surface area is 258 Å². The van der Waals surface area contributed by atoms with Crippen LogP contribution in [0.25, 0.3) is 10.2 Å². The molecule has 14 heteroatoms. The third-order valence-electron chi connectivity index (χ3n) is 7.99. The molecule has 4 heterocycles. The highest BCUT2D eigenvalue weighted by Gasteiger charge is 2.52. The molecule has 13 nitrogen and oxygen atoms in total. The second-order valence-corrected chi connectivity index (χ2v) is 12.2. The first-order valence-electron chi connectivity index (χ1n) is 14.4. The maximum atomic E-state index is 14.1. The highest BCUT2D eigenvalue weighted by molar-refractivity contribution is 7.22. The minimum atomic E-state index is -0.775. The van der Waals surface area contributed by atoms with E-state index in [1.54, 1.807) is 39.5 Å². The van der Waals surface area contributed by atoms with E-state index in [2.05, 4.69) is 20.3 Å². The highest BCUT2D eigenvalue weighted by Crippen LogP contribution is 2.32. The van der Waals surface area contributed by atoms with Gasteiger partial charge in [0.2, 0.25) is 11.8 Å². The number of carbonyl (C=O) groups excluding carboxylic acids is 3. The van der Waals surface area contributed by atoms with Crippen molar-refractivity contribution in [2.24, 2.45) is 0 Å². The van der Waals surface area contributed by atoms with Crippen LogP contribution in [0.3, 0.4) is 0 Å². The molecule has 2 aromatic heterocycles. The molecule has 0 bridgehead atoms. The Kier molecular flexibility index (Phi) is 8.10. The molecule has 230 valence electrons. The number of H-pyrrole nitrogens is 1. The number of ether oxygens (including phenoxy) is 1. The van der Waals surface area contributed by atoms with Crippen molar-refractivity contribution >= 4 is 44.5 Å². The number of anilines is 1. The number of hydrazine groups is 1. The maximum absolute atomic E-state index is 14.1. The van der Waals surface area contributed by atoms with Crippen LogP contribution in [0.5, 0.6) is 5.75 Å². The number of carbonyl (C=O) groups is 3. The van der Waals surface area contributed by atoms with Crippen molar-refractivity contribution in [3.63, 3.8) is 0 Å². The molecule has 2 aromatic carbocycles. The van der Waals surface area contributed by atoms with Crippen molar-refractivity contribution in [2.45, 2.75) is 51.6 Å². The van der Waals surface area contributed by atoms with Gasteiger partial charge in [0.15, 0.2) is 5.13 Å². The summed E-state index contributed by atoms with van der Waals surface area (Å²) in [5, 5.41) is 6.84. The Bertz CT molecular complexity index is 1660. The van der Waals surface area contributed by atoms with E-state index in [4.69, 9.17) is 10.5 Å². The number of rotatable bonds is 9. The summed E-state index contributed by atoms with van der Waals surface area (Å²) in [6, 6.07) is 11.9. The molecular weight excluding hydrogens is 582 g/mol. The summed E-state index contributed by atoms with van der Waals surface area (Å²) in [5.41, 5.74) is 9.28. The molecule has 2 aliphatic heterocycles. The van der Waals surface area contributed by atoms with E-state index >= 15 is 0 Å². The van der Waals surface area contributed by atoms with Crippen molar-refractivity contribution in [1.82, 2.24) is 40.1 Å². The summed E-state index contributed by atoms with van der Waals surface area (Å²) in [5.74, 6) is 0.344. The summed E-state index contributed by atoms with van der Waals surface area (Å²) in [6.45, 7) is 4.59. The minimum absolute atomic E-state index is 0.0302. The van der Waals surface area contributed by atoms with Gasteiger partial charge in [-0.1, -0.05) is 35.6 Å². The minimum Gasteiger partial charge on any atom is -0.497 e. The van der Waals surface area contributed by atoms with Gasteiger partial charge in [-0.3, -0.25) is 14.6 Å². The summed E-state index contributed by atoms with van der Waals surface area (Å²) in [7, 11) is 1.60. The molecular formula is C30H35N9O4S. The molecule has 0 saturated carbocycles. The fourth-order valence-corrected chi connectivity index (χ4v) is 6.76. The van der Waals surface area contributed by atoms with Crippen molar-refractivity contribution in [2.75, 3.05) is 25.9 Å². The zero-order valence-corrected chi connectivity index (χ0v) is 25.6. The van der Waals surface area contributed by atoms with Crippen LogP contribution >= 0.6 is 11.3 Å². The lowest BCUT2D eigenvalue weighted by Gasteiger charge is -2.47. The molecule has 4 aromatic rings. The molecule has 0 aliphatic carbocycles. The van der Waals surface area contributed by atoms with Gasteiger partial charge in [0.05, 0.1) is 36.7 Å². The van der Waals surface area contributed by atoms with Gasteiger partial charge in [0.1, 0.15) is 18.0 Å². The van der Waals surface area contributed by atoms with Crippen LogP contribution < -0.4 is 15.8 Å². The van der Waals surface area contributed by atoms with Crippen LogP contribution in [0.15, 0.2) is 55.0 Å². The zero-order valence-electron chi connectivity index (χ0n) is 24.8. The van der Waals surface area contributed by atoms with E-state index in [-0.39, 0.29) is 49.9 Å². The molecule has 0 spiro atoms. The average molecular weight is 618 g/mol. The molecule has 2 saturated heterocycles. The predicted octanol–water partition coefficient (Wildman–Crippen LogP) is 2.57. The molecule has 44 heavy (non-hydrogen) atoms. The molecule has 2 fully saturated rings. The summed E-state index contributed by atoms with van der Waals surface area (Å²) in [6.07, 6.45) is 2.93. The average Bonchev–Trinajstić information content (AvgIpc) is 3.73. The van der Waals surface area contributed by atoms with E-state index in [0.29, 0.717) is 11.7 Å². The normalized spacial score (nSPS) is 18.7. The number of benzene rings is 2. The highest BCUT2D eigenvalue weighted by atomic mass is 32.1. The smallest absolute Gasteiger partial charge is 0.332 e. The number of nitrogens with two attached hydrogens (primary N) is 1. The molecule has 2 atom stereocenters. The van der Waals surface area contributed by atoms with Crippen LogP contribution in [0.2, 0.25) is 0 Å². The Morgan fingerprint density at radius 1 is 1.23 bits per heavy atom. The third kappa shape index (κ3) is 5.65. The fourth-order valence-electron chi connectivity index (χ4n) is 5.97. The lowest BCUT2D eigenvalue weighted by atomic mass is 10.0. The largest absolute Gasteiger partial charge is 0.497 e. The van der Waals surface area contributed by atoms with Crippen LogP contribution in [0.1, 0.15) is 30.7 Å². The van der Waals surface area contributed by atoms with Gasteiger partial charge >= 0.3 is 6.03 Å². The van der Waals surface area contributed by atoms with Crippen molar-refractivity contribution in [3.05, 3.63) is 71.8 Å². The SMILES string of the molecule is COc1ccc(CNC(=O)N(C(C)C)N2CC(=O)N3[C@@H](Cc4cnc[nH]4)C(=O)N(Cc4cccc5sc(N)nc45)C[C@@H]32)cc1. The summed E-state index contributed by atoms with van der Waals surface area (Å²) >= 11 is 1.40. The molecule has 6 rings (SSSR count). The number of thiazole rings is 1. The van der Waals surface area contributed by atoms with Gasteiger partial charge in [-0.2, -0.15) is 5.01 Å². The molecule has 2 aliphatic rings. The number of para-hydroxylation sites is 1. The Balaban J connectivity index is 1.29. The molecule has 0 radical (unpaired) electrons. The first kappa shape index (κ1) is 29.4. The Morgan fingerprint density at radius 2 is 2.02 bits per heavy atom. The topological polar surface area (TPSA) is 153 Å². The number of urea groups is 1. The van der Waals surface area contributed by atoms with Gasteiger partial charge < -0.3 is 30.6 Å². The number of nitrogen functional groups attached to an aromatic ring is 1. The number of methoxy groups -OCH3 is 1. The number of hydrogen-bond acceptors (Lipinski definition) is 9. The van der Waals surface area contributed by atoms with Crippen LogP contribution in [-0.2, 0) is 29.1 Å². The molecule has 0 unspecified atom stereocenters. The zero-order chi connectivity index (χ0) is 31.0. The van der Waals surface area contributed by atoms with E-state index < -0.39 is 12.2 Å². The van der Waals surface area contributed by atoms with E-state index in [1.165, 1.54) is 11.3 Å². The second kappa shape index (κ2) is 12.1. The Hall–Kier alpha value is -4.69. The first-order chi connectivity index (χ1) is 21.2. The molecule has 4 N–H and O–H groups in total. The van der Waals surface area contributed by atoms with E-state index in [0.717, 1.165) is 32.8 Å². The van der Waals surface area contributed by atoms with E-state index in [9.17, 15) is 14.4 Å². The molecule has 4 amide bonds. The van der Waals surface area contributed by atoms with Gasteiger partial charge in [-0.15, -0.1) is 0 Å². The number of piperazine rings is 1. The van der Waals surface area contributed by atoms with Crippen LogP contribution in [0.4, 0.5) is 9.93 Å². The lowest BCUT2D eigenvalue weighted by molar-refractivity contribution is -0.158. The van der Waals surface area contributed by atoms with Crippen molar-refractivity contribution < 1.29 is 19.1 Å². The van der Waals surface area contributed by atoms with Crippen molar-refractivity contribution in [1.29, 1.82) is 0 Å². The van der Waals surface area contributed by atoms with Gasteiger partial charge in [0.25, 0.3) is 0 Å². The number of fused-ring (bicyclic) bond motifs is 2. The number of amides is 4. The van der Waals surface area contributed by atoms with Gasteiger partial charge in [0, 0.05) is 37.4 Å².